The maximum absolute atomic E-state index is 13.7. The lowest BCUT2D eigenvalue weighted by Gasteiger charge is -2.07. The molecule has 0 amide bonds. The maximum Gasteiger partial charge on any atom is 0.358 e. The van der Waals surface area contributed by atoms with Crippen LogP contribution in [0.25, 0.3) is 11.3 Å². The van der Waals surface area contributed by atoms with Crippen LogP contribution >= 0.6 is 0 Å². The number of aromatic nitrogens is 2. The van der Waals surface area contributed by atoms with Crippen LogP contribution in [0, 0.1) is 5.82 Å². The van der Waals surface area contributed by atoms with Crippen molar-refractivity contribution in [3.05, 3.63) is 41.5 Å². The summed E-state index contributed by atoms with van der Waals surface area (Å²) in [5.74, 6) is -3.05. The zero-order valence-electron chi connectivity index (χ0n) is 11.5. The number of carbonyl (C=O) groups excluding carboxylic acids is 1. The molecule has 2 aromatic rings. The average molecular weight is 305 g/mol. The SMILES string of the molecule is CCOC(=O)c1cnc(-c2ccc(C(=O)O)c(F)c2)c(N)n1. The monoisotopic (exact) mass is 305 g/mol. The number of hydrogen-bond donors (Lipinski definition) is 2. The van der Waals surface area contributed by atoms with Crippen LogP contribution < -0.4 is 5.73 Å². The molecule has 0 bridgehead atoms. The molecule has 0 aliphatic heterocycles. The normalized spacial score (nSPS) is 10.3. The number of anilines is 1. The number of ether oxygens (including phenoxy) is 1. The maximum atomic E-state index is 13.7. The zero-order valence-corrected chi connectivity index (χ0v) is 11.5. The van der Waals surface area contributed by atoms with Crippen LogP contribution in [-0.2, 0) is 4.74 Å². The molecule has 8 heteroatoms. The largest absolute Gasteiger partial charge is 0.478 e. The van der Waals surface area contributed by atoms with Gasteiger partial charge in [-0.2, -0.15) is 0 Å². The first-order chi connectivity index (χ1) is 10.4. The quantitative estimate of drug-likeness (QED) is 0.826. The Balaban J connectivity index is 2.39. The second kappa shape index (κ2) is 6.17. The summed E-state index contributed by atoms with van der Waals surface area (Å²) in [6.07, 6.45) is 1.16. The molecule has 1 aromatic carbocycles. The van der Waals surface area contributed by atoms with Crippen LogP contribution in [0.15, 0.2) is 24.4 Å². The van der Waals surface area contributed by atoms with E-state index < -0.39 is 23.3 Å². The number of rotatable bonds is 4. The minimum atomic E-state index is -1.37. The van der Waals surface area contributed by atoms with E-state index in [1.165, 1.54) is 6.07 Å². The zero-order chi connectivity index (χ0) is 16.3. The Bertz CT molecular complexity index is 749. The number of esters is 1. The number of hydrogen-bond acceptors (Lipinski definition) is 6. The lowest BCUT2D eigenvalue weighted by Crippen LogP contribution is -2.10. The molecule has 0 unspecified atom stereocenters. The van der Waals surface area contributed by atoms with Crippen LogP contribution in [0.4, 0.5) is 10.2 Å². The number of carboxylic acid groups (broad SMARTS) is 1. The minimum Gasteiger partial charge on any atom is -0.478 e. The average Bonchev–Trinajstić information content (AvgIpc) is 2.46. The van der Waals surface area contributed by atoms with Gasteiger partial charge in [0.1, 0.15) is 11.5 Å². The third-order valence-corrected chi connectivity index (χ3v) is 2.76. The first-order valence-electron chi connectivity index (χ1n) is 6.27. The fourth-order valence-corrected chi connectivity index (χ4v) is 1.77. The molecule has 2 rings (SSSR count). The Hall–Kier alpha value is -3.03. The van der Waals surface area contributed by atoms with Crippen molar-refractivity contribution < 1.29 is 23.8 Å². The van der Waals surface area contributed by atoms with E-state index in [1.807, 2.05) is 0 Å². The first kappa shape index (κ1) is 15.4. The molecule has 0 radical (unpaired) electrons. The molecule has 22 heavy (non-hydrogen) atoms. The third-order valence-electron chi connectivity index (χ3n) is 2.76. The topological polar surface area (TPSA) is 115 Å². The van der Waals surface area contributed by atoms with Gasteiger partial charge in [-0.3, -0.25) is 0 Å². The number of nitrogens with zero attached hydrogens (tertiary/aromatic N) is 2. The fraction of sp³-hybridized carbons (Fsp3) is 0.143. The van der Waals surface area contributed by atoms with E-state index in [1.54, 1.807) is 6.92 Å². The van der Waals surface area contributed by atoms with Crippen LogP contribution in [-0.4, -0.2) is 33.6 Å². The molecule has 0 atom stereocenters. The number of benzene rings is 1. The molecule has 114 valence electrons. The van der Waals surface area contributed by atoms with Crippen molar-refractivity contribution in [2.24, 2.45) is 0 Å². The first-order valence-corrected chi connectivity index (χ1v) is 6.27. The predicted octanol–water partition coefficient (Wildman–Crippen LogP) is 1.74. The van der Waals surface area contributed by atoms with Gasteiger partial charge in [-0.15, -0.1) is 0 Å². The summed E-state index contributed by atoms with van der Waals surface area (Å²) in [7, 11) is 0. The van der Waals surface area contributed by atoms with Gasteiger partial charge < -0.3 is 15.6 Å². The highest BCUT2D eigenvalue weighted by Crippen LogP contribution is 2.24. The number of nitrogens with two attached hydrogens (primary N) is 1. The number of nitrogen functional groups attached to an aromatic ring is 1. The van der Waals surface area contributed by atoms with Gasteiger partial charge in [-0.25, -0.2) is 23.9 Å². The van der Waals surface area contributed by atoms with Gasteiger partial charge in [-0.05, 0) is 19.1 Å². The fourth-order valence-electron chi connectivity index (χ4n) is 1.77. The van der Waals surface area contributed by atoms with Crippen LogP contribution in [0.5, 0.6) is 0 Å². The van der Waals surface area contributed by atoms with E-state index in [0.29, 0.717) is 0 Å². The minimum absolute atomic E-state index is 0.0641. The molecular formula is C14H12FN3O4. The Labute approximate surface area is 124 Å². The van der Waals surface area contributed by atoms with E-state index >= 15 is 0 Å². The highest BCUT2D eigenvalue weighted by atomic mass is 19.1. The standard InChI is InChI=1S/C14H12FN3O4/c1-2-22-14(21)10-6-17-11(12(16)18-10)7-3-4-8(13(19)20)9(15)5-7/h3-6H,2H2,1H3,(H2,16,18)(H,19,20). The van der Waals surface area contributed by atoms with Crippen molar-refractivity contribution in [1.82, 2.24) is 9.97 Å². The molecule has 0 saturated carbocycles. The van der Waals surface area contributed by atoms with E-state index in [0.717, 1.165) is 18.3 Å². The summed E-state index contributed by atoms with van der Waals surface area (Å²) in [4.78, 5) is 30.1. The van der Waals surface area contributed by atoms with Crippen LogP contribution in [0.3, 0.4) is 0 Å². The molecule has 0 saturated heterocycles. The highest BCUT2D eigenvalue weighted by molar-refractivity contribution is 5.90. The van der Waals surface area contributed by atoms with Gasteiger partial charge >= 0.3 is 11.9 Å². The summed E-state index contributed by atoms with van der Waals surface area (Å²) in [5.41, 5.74) is 5.59. The number of aromatic carboxylic acids is 1. The summed E-state index contributed by atoms with van der Waals surface area (Å²) >= 11 is 0. The van der Waals surface area contributed by atoms with E-state index in [9.17, 15) is 14.0 Å². The van der Waals surface area contributed by atoms with Gasteiger partial charge in [0.05, 0.1) is 18.4 Å². The number of carbonyl (C=O) groups is 2. The molecule has 3 N–H and O–H groups in total. The number of carboxylic acids is 1. The van der Waals surface area contributed by atoms with Crippen LogP contribution in [0.1, 0.15) is 27.8 Å². The predicted molar refractivity (Wildman–Crippen MR) is 74.8 cm³/mol. The van der Waals surface area contributed by atoms with Gasteiger partial charge in [0.2, 0.25) is 0 Å². The number of halogens is 1. The molecule has 0 spiro atoms. The van der Waals surface area contributed by atoms with Crippen molar-refractivity contribution in [3.8, 4) is 11.3 Å². The Morgan fingerprint density at radius 3 is 2.68 bits per heavy atom. The van der Waals surface area contributed by atoms with Gasteiger partial charge in [-0.1, -0.05) is 6.07 Å². The van der Waals surface area contributed by atoms with Gasteiger partial charge in [0.25, 0.3) is 0 Å². The van der Waals surface area contributed by atoms with E-state index in [-0.39, 0.29) is 29.4 Å². The summed E-state index contributed by atoms with van der Waals surface area (Å²) < 4.78 is 18.4. The van der Waals surface area contributed by atoms with Crippen molar-refractivity contribution in [2.75, 3.05) is 12.3 Å². The molecule has 0 aliphatic rings. The summed E-state index contributed by atoms with van der Waals surface area (Å²) in [6, 6.07) is 3.46. The Morgan fingerprint density at radius 2 is 2.14 bits per heavy atom. The Morgan fingerprint density at radius 1 is 1.41 bits per heavy atom. The molecule has 1 heterocycles. The smallest absolute Gasteiger partial charge is 0.358 e. The highest BCUT2D eigenvalue weighted by Gasteiger charge is 2.16. The van der Waals surface area contributed by atoms with E-state index in [4.69, 9.17) is 15.6 Å². The van der Waals surface area contributed by atoms with Crippen molar-refractivity contribution >= 4 is 17.8 Å². The second-order valence-corrected chi connectivity index (χ2v) is 4.21. The van der Waals surface area contributed by atoms with Crippen LogP contribution in [0.2, 0.25) is 0 Å². The van der Waals surface area contributed by atoms with Gasteiger partial charge in [0.15, 0.2) is 11.5 Å². The lowest BCUT2D eigenvalue weighted by atomic mass is 10.1. The molecule has 0 fully saturated rings. The molecule has 1 aromatic heterocycles. The lowest BCUT2D eigenvalue weighted by molar-refractivity contribution is 0.0518. The van der Waals surface area contributed by atoms with Crippen molar-refractivity contribution in [3.63, 3.8) is 0 Å². The van der Waals surface area contributed by atoms with Gasteiger partial charge in [0, 0.05) is 5.56 Å². The third kappa shape index (κ3) is 3.00. The summed E-state index contributed by atoms with van der Waals surface area (Å²) in [6.45, 7) is 1.83. The Kier molecular flexibility index (Phi) is 4.31. The van der Waals surface area contributed by atoms with E-state index in [2.05, 4.69) is 9.97 Å². The van der Waals surface area contributed by atoms with Crippen molar-refractivity contribution in [2.45, 2.75) is 6.92 Å². The molecule has 7 nitrogen and oxygen atoms in total. The molecular weight excluding hydrogens is 293 g/mol. The second-order valence-electron chi connectivity index (χ2n) is 4.21. The molecule has 0 aliphatic carbocycles. The summed E-state index contributed by atoms with van der Waals surface area (Å²) in [5, 5.41) is 8.79. The van der Waals surface area contributed by atoms with Crippen molar-refractivity contribution in [1.29, 1.82) is 0 Å².